The monoisotopic (exact) mass is 298 g/mol. The van der Waals surface area contributed by atoms with Gasteiger partial charge >= 0.3 is 0 Å². The minimum Gasteiger partial charge on any atom is -0.381 e. The molecule has 2 rings (SSSR count). The summed E-state index contributed by atoms with van der Waals surface area (Å²) in [5, 5.41) is 5.70. The predicted octanol–water partition coefficient (Wildman–Crippen LogP) is -1.18. The molecule has 120 valence electrons. The van der Waals surface area contributed by atoms with E-state index in [0.29, 0.717) is 32.6 Å². The lowest BCUT2D eigenvalue weighted by atomic mass is 9.89. The predicted molar refractivity (Wildman–Crippen MR) is 78.6 cm³/mol. The van der Waals surface area contributed by atoms with Crippen molar-refractivity contribution in [1.82, 2.24) is 15.5 Å². The van der Waals surface area contributed by atoms with Crippen molar-refractivity contribution >= 4 is 11.8 Å². The molecular formula is C14H26N4O3. The SMILES string of the molecule is CNC(=O)CN1CCC(NC(=O)C2(N)CCOCC2)CC1. The van der Waals surface area contributed by atoms with E-state index >= 15 is 0 Å². The Labute approximate surface area is 125 Å². The van der Waals surface area contributed by atoms with Crippen LogP contribution in [0.5, 0.6) is 0 Å². The summed E-state index contributed by atoms with van der Waals surface area (Å²) in [4.78, 5) is 25.8. The molecule has 0 spiro atoms. The number of amides is 2. The van der Waals surface area contributed by atoms with Crippen LogP contribution in [0, 0.1) is 0 Å². The Hall–Kier alpha value is -1.18. The summed E-state index contributed by atoms with van der Waals surface area (Å²) in [6.07, 6.45) is 2.87. The highest BCUT2D eigenvalue weighted by Crippen LogP contribution is 2.19. The molecule has 0 bridgehead atoms. The Kier molecular flexibility index (Phi) is 5.55. The van der Waals surface area contributed by atoms with Gasteiger partial charge in [-0.1, -0.05) is 0 Å². The summed E-state index contributed by atoms with van der Waals surface area (Å²) in [5.41, 5.74) is 5.40. The Morgan fingerprint density at radius 3 is 2.48 bits per heavy atom. The Morgan fingerprint density at radius 1 is 1.29 bits per heavy atom. The number of hydrogen-bond acceptors (Lipinski definition) is 5. The number of nitrogens with two attached hydrogens (primary N) is 1. The molecule has 0 atom stereocenters. The van der Waals surface area contributed by atoms with Crippen LogP contribution in [0.15, 0.2) is 0 Å². The van der Waals surface area contributed by atoms with E-state index in [2.05, 4.69) is 15.5 Å². The number of carbonyl (C=O) groups excluding carboxylic acids is 2. The van der Waals surface area contributed by atoms with Crippen molar-refractivity contribution in [2.24, 2.45) is 5.73 Å². The number of likely N-dealkylation sites (N-methyl/N-ethyl adjacent to an activating group) is 1. The molecular weight excluding hydrogens is 272 g/mol. The molecule has 0 radical (unpaired) electrons. The smallest absolute Gasteiger partial charge is 0.240 e. The van der Waals surface area contributed by atoms with Crippen LogP contribution in [0.4, 0.5) is 0 Å². The fourth-order valence-electron chi connectivity index (χ4n) is 2.81. The third-order valence-electron chi connectivity index (χ3n) is 4.41. The highest BCUT2D eigenvalue weighted by atomic mass is 16.5. The molecule has 0 saturated carbocycles. The standard InChI is InChI=1S/C14H26N4O3/c1-16-12(19)10-18-6-2-11(3-7-18)17-13(20)14(15)4-8-21-9-5-14/h11H,2-10,15H2,1H3,(H,16,19)(H,17,20). The summed E-state index contributed by atoms with van der Waals surface area (Å²) in [6.45, 7) is 3.16. The lowest BCUT2D eigenvalue weighted by molar-refractivity contribution is -0.131. The van der Waals surface area contributed by atoms with Crippen LogP contribution in [0.2, 0.25) is 0 Å². The van der Waals surface area contributed by atoms with Crippen molar-refractivity contribution in [3.63, 3.8) is 0 Å². The van der Waals surface area contributed by atoms with Crippen molar-refractivity contribution in [1.29, 1.82) is 0 Å². The van der Waals surface area contributed by atoms with Gasteiger partial charge in [-0.2, -0.15) is 0 Å². The molecule has 21 heavy (non-hydrogen) atoms. The Morgan fingerprint density at radius 2 is 1.90 bits per heavy atom. The average molecular weight is 298 g/mol. The second-order valence-electron chi connectivity index (χ2n) is 5.97. The molecule has 2 aliphatic heterocycles. The molecule has 0 aromatic heterocycles. The summed E-state index contributed by atoms with van der Waals surface area (Å²) in [7, 11) is 1.64. The van der Waals surface area contributed by atoms with Crippen LogP contribution in [0.3, 0.4) is 0 Å². The zero-order valence-corrected chi connectivity index (χ0v) is 12.7. The Bertz CT molecular complexity index is 374. The van der Waals surface area contributed by atoms with Crippen LogP contribution in [-0.4, -0.2) is 68.2 Å². The number of rotatable bonds is 4. The van der Waals surface area contributed by atoms with E-state index in [4.69, 9.17) is 10.5 Å². The summed E-state index contributed by atoms with van der Waals surface area (Å²) < 4.78 is 5.26. The molecule has 2 aliphatic rings. The molecule has 0 aromatic carbocycles. The third kappa shape index (κ3) is 4.39. The molecule has 0 aliphatic carbocycles. The number of nitrogens with one attached hydrogen (secondary N) is 2. The molecule has 7 nitrogen and oxygen atoms in total. The maximum Gasteiger partial charge on any atom is 0.240 e. The van der Waals surface area contributed by atoms with E-state index in [9.17, 15) is 9.59 Å². The Balaban J connectivity index is 1.75. The highest BCUT2D eigenvalue weighted by molar-refractivity contribution is 5.86. The van der Waals surface area contributed by atoms with Gasteiger partial charge in [0.15, 0.2) is 0 Å². The maximum absolute atomic E-state index is 12.3. The van der Waals surface area contributed by atoms with Crippen LogP contribution >= 0.6 is 0 Å². The fraction of sp³-hybridized carbons (Fsp3) is 0.857. The summed E-state index contributed by atoms with van der Waals surface area (Å²) >= 11 is 0. The second kappa shape index (κ2) is 7.20. The maximum atomic E-state index is 12.3. The van der Waals surface area contributed by atoms with Gasteiger partial charge in [0.1, 0.15) is 0 Å². The molecule has 2 fully saturated rings. The van der Waals surface area contributed by atoms with Gasteiger partial charge in [0.25, 0.3) is 0 Å². The molecule has 4 N–H and O–H groups in total. The van der Waals surface area contributed by atoms with E-state index in [0.717, 1.165) is 25.9 Å². The molecule has 7 heteroatoms. The van der Waals surface area contributed by atoms with Gasteiger partial charge < -0.3 is 21.1 Å². The van der Waals surface area contributed by atoms with Gasteiger partial charge in [-0.15, -0.1) is 0 Å². The highest BCUT2D eigenvalue weighted by Gasteiger charge is 2.37. The van der Waals surface area contributed by atoms with E-state index < -0.39 is 5.54 Å². The molecule has 2 saturated heterocycles. The van der Waals surface area contributed by atoms with Gasteiger partial charge in [-0.25, -0.2) is 0 Å². The van der Waals surface area contributed by atoms with E-state index in [1.54, 1.807) is 7.05 Å². The van der Waals surface area contributed by atoms with E-state index in [1.807, 2.05) is 0 Å². The van der Waals surface area contributed by atoms with Crippen molar-refractivity contribution < 1.29 is 14.3 Å². The van der Waals surface area contributed by atoms with Gasteiger partial charge in [-0.3, -0.25) is 14.5 Å². The zero-order chi connectivity index (χ0) is 15.3. The first-order chi connectivity index (χ1) is 10.0. The first-order valence-corrected chi connectivity index (χ1v) is 7.64. The molecule has 0 aromatic rings. The number of hydrogen-bond donors (Lipinski definition) is 3. The first kappa shape index (κ1) is 16.2. The minimum absolute atomic E-state index is 0.0283. The second-order valence-corrected chi connectivity index (χ2v) is 5.97. The van der Waals surface area contributed by atoms with Crippen molar-refractivity contribution in [2.75, 3.05) is 39.9 Å². The summed E-state index contributed by atoms with van der Waals surface area (Å²) in [6, 6.07) is 0.154. The molecule has 2 heterocycles. The van der Waals surface area contributed by atoms with Crippen molar-refractivity contribution in [3.8, 4) is 0 Å². The van der Waals surface area contributed by atoms with Crippen molar-refractivity contribution in [3.05, 3.63) is 0 Å². The van der Waals surface area contributed by atoms with Crippen LogP contribution in [0.1, 0.15) is 25.7 Å². The normalized spacial score (nSPS) is 23.5. The first-order valence-electron chi connectivity index (χ1n) is 7.64. The lowest BCUT2D eigenvalue weighted by Crippen LogP contribution is -2.59. The largest absolute Gasteiger partial charge is 0.381 e. The quantitative estimate of drug-likeness (QED) is 0.607. The zero-order valence-electron chi connectivity index (χ0n) is 12.7. The van der Waals surface area contributed by atoms with Gasteiger partial charge in [-0.05, 0) is 25.7 Å². The molecule has 0 unspecified atom stereocenters. The number of likely N-dealkylation sites (tertiary alicyclic amines) is 1. The number of ether oxygens (including phenoxy) is 1. The van der Waals surface area contributed by atoms with Crippen molar-refractivity contribution in [2.45, 2.75) is 37.3 Å². The van der Waals surface area contributed by atoms with Gasteiger partial charge in [0, 0.05) is 39.4 Å². The van der Waals surface area contributed by atoms with Crippen LogP contribution in [0.25, 0.3) is 0 Å². The minimum atomic E-state index is -0.780. The third-order valence-corrected chi connectivity index (χ3v) is 4.41. The molecule has 2 amide bonds. The number of nitrogens with zero attached hydrogens (tertiary/aromatic N) is 1. The van der Waals surface area contributed by atoms with E-state index in [-0.39, 0.29) is 17.9 Å². The topological polar surface area (TPSA) is 96.7 Å². The number of piperidine rings is 1. The van der Waals surface area contributed by atoms with Crippen LogP contribution < -0.4 is 16.4 Å². The van der Waals surface area contributed by atoms with E-state index in [1.165, 1.54) is 0 Å². The number of carbonyl (C=O) groups is 2. The van der Waals surface area contributed by atoms with Gasteiger partial charge in [0.2, 0.25) is 11.8 Å². The fourth-order valence-corrected chi connectivity index (χ4v) is 2.81. The lowest BCUT2D eigenvalue weighted by Gasteiger charge is -2.36. The van der Waals surface area contributed by atoms with Crippen LogP contribution in [-0.2, 0) is 14.3 Å². The van der Waals surface area contributed by atoms with Gasteiger partial charge in [0.05, 0.1) is 12.1 Å². The average Bonchev–Trinajstić information content (AvgIpc) is 2.50. The summed E-state index contributed by atoms with van der Waals surface area (Å²) in [5.74, 6) is -0.0313.